The fourth-order valence-electron chi connectivity index (χ4n) is 0.896. The number of alkyl halides is 2. The monoisotopic (exact) mass is 204 g/mol. The third kappa shape index (κ3) is 1.53. The molecule has 1 aromatic rings. The van der Waals surface area contributed by atoms with Gasteiger partial charge in [-0.2, -0.15) is 0 Å². The van der Waals surface area contributed by atoms with Crippen molar-refractivity contribution in [2.45, 2.75) is 6.43 Å². The summed E-state index contributed by atoms with van der Waals surface area (Å²) in [5.41, 5.74) is 7.79. The molecule has 0 aliphatic heterocycles. The minimum atomic E-state index is -3.06. The summed E-state index contributed by atoms with van der Waals surface area (Å²) in [6, 6.07) is 0. The molecule has 1 rings (SSSR count). The topological polar surface area (TPSA) is 108 Å². The lowest BCUT2D eigenvalue weighted by molar-refractivity contribution is -0.385. The lowest BCUT2D eigenvalue weighted by Gasteiger charge is -2.04. The summed E-state index contributed by atoms with van der Waals surface area (Å²) in [7, 11) is 0. The van der Waals surface area contributed by atoms with Gasteiger partial charge in [0.05, 0.1) is 16.8 Å². The highest BCUT2D eigenvalue weighted by Gasteiger charge is 2.27. The zero-order valence-electron chi connectivity index (χ0n) is 6.78. The smallest absolute Gasteiger partial charge is 0.321 e. The van der Waals surface area contributed by atoms with Gasteiger partial charge in [0.1, 0.15) is 5.69 Å². The van der Waals surface area contributed by atoms with E-state index in [1.165, 1.54) is 0 Å². The number of rotatable bonds is 2. The van der Waals surface area contributed by atoms with Crippen LogP contribution in [0, 0.1) is 10.1 Å². The van der Waals surface area contributed by atoms with Crippen molar-refractivity contribution in [3.63, 3.8) is 0 Å². The first-order valence-electron chi connectivity index (χ1n) is 3.41. The van der Waals surface area contributed by atoms with Crippen LogP contribution < -0.4 is 11.5 Å². The molecule has 0 unspecified atom stereocenters. The van der Waals surface area contributed by atoms with Crippen LogP contribution in [0.1, 0.15) is 12.1 Å². The maximum Gasteiger partial charge on any atom is 0.321 e. The quantitative estimate of drug-likeness (QED) is 0.553. The number of nitro groups is 1. The highest BCUT2D eigenvalue weighted by Crippen LogP contribution is 2.34. The molecule has 0 saturated carbocycles. The van der Waals surface area contributed by atoms with Crippen molar-refractivity contribution in [2.24, 2.45) is 0 Å². The lowest BCUT2D eigenvalue weighted by Crippen LogP contribution is -2.06. The molecular formula is C6H6F2N4O2. The predicted molar refractivity (Wildman–Crippen MR) is 44.7 cm³/mol. The van der Waals surface area contributed by atoms with Gasteiger partial charge in [-0.25, -0.2) is 13.8 Å². The minimum absolute atomic E-state index is 0.193. The second-order valence-electron chi connectivity index (χ2n) is 2.42. The molecule has 0 saturated heterocycles. The predicted octanol–water partition coefficient (Wildman–Crippen LogP) is 1.09. The molecule has 6 nitrogen and oxygen atoms in total. The van der Waals surface area contributed by atoms with Gasteiger partial charge < -0.3 is 11.5 Å². The number of nitrogens with two attached hydrogens (primary N) is 2. The highest BCUT2D eigenvalue weighted by molar-refractivity contribution is 5.74. The maximum atomic E-state index is 12.2. The van der Waals surface area contributed by atoms with Crippen molar-refractivity contribution in [1.82, 2.24) is 4.98 Å². The Balaban J connectivity index is 3.45. The highest BCUT2D eigenvalue weighted by atomic mass is 19.3. The van der Waals surface area contributed by atoms with Gasteiger partial charge in [0, 0.05) is 0 Å². The number of anilines is 2. The molecule has 8 heteroatoms. The molecule has 0 fully saturated rings. The Kier molecular flexibility index (Phi) is 2.45. The Labute approximate surface area is 76.7 Å². The number of nitrogen functional groups attached to an aromatic ring is 2. The molecule has 0 radical (unpaired) electrons. The summed E-state index contributed by atoms with van der Waals surface area (Å²) >= 11 is 0. The van der Waals surface area contributed by atoms with Crippen LogP contribution in [0.3, 0.4) is 0 Å². The van der Waals surface area contributed by atoms with Crippen LogP contribution in [-0.2, 0) is 0 Å². The van der Waals surface area contributed by atoms with Crippen molar-refractivity contribution < 1.29 is 13.7 Å². The SMILES string of the molecule is Nc1cnc(C(F)F)c([N+](=O)[O-])c1N. The van der Waals surface area contributed by atoms with Crippen molar-refractivity contribution >= 4 is 17.1 Å². The van der Waals surface area contributed by atoms with Crippen LogP contribution in [0.4, 0.5) is 25.8 Å². The second-order valence-corrected chi connectivity index (χ2v) is 2.42. The first-order chi connectivity index (χ1) is 6.45. The van der Waals surface area contributed by atoms with Crippen LogP contribution in [0.15, 0.2) is 6.20 Å². The van der Waals surface area contributed by atoms with Gasteiger partial charge in [-0.05, 0) is 0 Å². The fraction of sp³-hybridized carbons (Fsp3) is 0.167. The van der Waals surface area contributed by atoms with Crippen LogP contribution in [-0.4, -0.2) is 9.91 Å². The van der Waals surface area contributed by atoms with Gasteiger partial charge in [0.15, 0.2) is 5.69 Å². The Bertz CT molecular complexity index is 382. The van der Waals surface area contributed by atoms with Crippen molar-refractivity contribution in [1.29, 1.82) is 0 Å². The molecule has 0 aliphatic rings. The molecular weight excluding hydrogens is 198 g/mol. The molecule has 0 spiro atoms. The second kappa shape index (κ2) is 3.40. The molecule has 0 aliphatic carbocycles. The maximum absolute atomic E-state index is 12.2. The van der Waals surface area contributed by atoms with E-state index >= 15 is 0 Å². The van der Waals surface area contributed by atoms with E-state index < -0.39 is 28.4 Å². The standard InChI is InChI=1S/C6H6F2N4O2/c7-6(8)4-5(12(13)14)3(10)2(9)1-11-4/h1,6H,9H2,(H2,10,11). The largest absolute Gasteiger partial charge is 0.396 e. The van der Waals surface area contributed by atoms with E-state index in [9.17, 15) is 18.9 Å². The summed E-state index contributed by atoms with van der Waals surface area (Å²) in [4.78, 5) is 12.5. The number of aromatic nitrogens is 1. The Morgan fingerprint density at radius 1 is 1.50 bits per heavy atom. The van der Waals surface area contributed by atoms with Crippen molar-refractivity contribution in [3.8, 4) is 0 Å². The minimum Gasteiger partial charge on any atom is -0.396 e. The fourth-order valence-corrected chi connectivity index (χ4v) is 0.896. The summed E-state index contributed by atoms with van der Waals surface area (Å²) in [5, 5.41) is 10.4. The third-order valence-corrected chi connectivity index (χ3v) is 1.54. The van der Waals surface area contributed by atoms with Gasteiger partial charge in [0.25, 0.3) is 6.43 Å². The molecule has 76 valence electrons. The summed E-state index contributed by atoms with van der Waals surface area (Å²) in [6.45, 7) is 0. The van der Waals surface area contributed by atoms with E-state index in [4.69, 9.17) is 11.5 Å². The first kappa shape index (κ1) is 10.1. The van der Waals surface area contributed by atoms with E-state index in [0.717, 1.165) is 6.20 Å². The van der Waals surface area contributed by atoms with Crippen LogP contribution in [0.5, 0.6) is 0 Å². The molecule has 1 aromatic heterocycles. The Hall–Kier alpha value is -1.99. The Morgan fingerprint density at radius 2 is 2.07 bits per heavy atom. The van der Waals surface area contributed by atoms with Gasteiger partial charge in [-0.1, -0.05) is 0 Å². The van der Waals surface area contributed by atoms with E-state index in [1.807, 2.05) is 0 Å². The molecule has 0 amide bonds. The van der Waals surface area contributed by atoms with Crippen LogP contribution in [0.25, 0.3) is 0 Å². The molecule has 14 heavy (non-hydrogen) atoms. The van der Waals surface area contributed by atoms with Crippen LogP contribution in [0.2, 0.25) is 0 Å². The van der Waals surface area contributed by atoms with Gasteiger partial charge >= 0.3 is 5.69 Å². The van der Waals surface area contributed by atoms with E-state index in [1.54, 1.807) is 0 Å². The first-order valence-corrected chi connectivity index (χ1v) is 3.41. The van der Waals surface area contributed by atoms with E-state index in [2.05, 4.69) is 4.98 Å². The normalized spacial score (nSPS) is 10.5. The number of hydrogen-bond acceptors (Lipinski definition) is 5. The molecule has 1 heterocycles. The zero-order chi connectivity index (χ0) is 10.9. The zero-order valence-corrected chi connectivity index (χ0v) is 6.78. The van der Waals surface area contributed by atoms with Gasteiger partial charge in [-0.15, -0.1) is 0 Å². The van der Waals surface area contributed by atoms with Crippen LogP contribution >= 0.6 is 0 Å². The summed E-state index contributed by atoms with van der Waals surface area (Å²) in [6.07, 6.45) is -2.19. The van der Waals surface area contributed by atoms with E-state index in [0.29, 0.717) is 0 Å². The number of halogens is 2. The van der Waals surface area contributed by atoms with Gasteiger partial charge in [-0.3, -0.25) is 10.1 Å². The third-order valence-electron chi connectivity index (χ3n) is 1.54. The summed E-state index contributed by atoms with van der Waals surface area (Å²) in [5.74, 6) is 0. The van der Waals surface area contributed by atoms with E-state index in [-0.39, 0.29) is 5.69 Å². The average Bonchev–Trinajstić information content (AvgIpc) is 2.08. The molecule has 0 atom stereocenters. The van der Waals surface area contributed by atoms with Crippen molar-refractivity contribution in [2.75, 3.05) is 11.5 Å². The molecule has 0 bridgehead atoms. The summed E-state index contributed by atoms with van der Waals surface area (Å²) < 4.78 is 24.5. The number of hydrogen-bond donors (Lipinski definition) is 2. The molecule has 0 aromatic carbocycles. The Morgan fingerprint density at radius 3 is 2.50 bits per heavy atom. The lowest BCUT2D eigenvalue weighted by atomic mass is 10.2. The average molecular weight is 204 g/mol. The van der Waals surface area contributed by atoms with Gasteiger partial charge in [0.2, 0.25) is 0 Å². The number of pyridine rings is 1. The van der Waals surface area contributed by atoms with Crippen molar-refractivity contribution in [3.05, 3.63) is 22.0 Å². The molecule has 4 N–H and O–H groups in total. The number of nitrogens with zero attached hydrogens (tertiary/aromatic N) is 2.